The van der Waals surface area contributed by atoms with Gasteiger partial charge in [-0.05, 0) is 66.3 Å². The highest BCUT2D eigenvalue weighted by Crippen LogP contribution is 2.41. The quantitative estimate of drug-likeness (QED) is 0.432. The molecular weight excluding hydrogens is 515 g/mol. The number of anilines is 2. The van der Waals surface area contributed by atoms with E-state index in [9.17, 15) is 18.0 Å². The number of sulfonamides is 1. The summed E-state index contributed by atoms with van der Waals surface area (Å²) in [6.07, 6.45) is 6.88. The van der Waals surface area contributed by atoms with Crippen molar-refractivity contribution < 1.29 is 18.0 Å². The molecule has 2 amide bonds. The number of fused-ring (bicyclic) bond motifs is 1. The normalized spacial score (nSPS) is 17.3. The standard InChI is InChI=1S/C26H29N3O4S3/c30-24(27-18-26(12-2-1-3-13-26)22-8-5-15-34-22)25(31)28-20-11-10-19-7-4-14-29(21(19)17-20)36(32,33)23-9-6-16-35-23/h5-6,8-11,15-17H,1-4,7,12-14,18H2,(H,27,30)(H,28,31). The second kappa shape index (κ2) is 10.4. The molecule has 0 atom stereocenters. The molecule has 10 heteroatoms. The number of nitrogens with one attached hydrogen (secondary N) is 2. The monoisotopic (exact) mass is 543 g/mol. The van der Waals surface area contributed by atoms with Crippen molar-refractivity contribution in [1.29, 1.82) is 0 Å². The molecule has 3 aromatic rings. The number of amides is 2. The molecule has 1 fully saturated rings. The van der Waals surface area contributed by atoms with E-state index < -0.39 is 21.8 Å². The van der Waals surface area contributed by atoms with Gasteiger partial charge in [-0.25, -0.2) is 8.42 Å². The van der Waals surface area contributed by atoms with Gasteiger partial charge in [-0.1, -0.05) is 37.5 Å². The fourth-order valence-electron chi connectivity index (χ4n) is 5.22. The largest absolute Gasteiger partial charge is 0.347 e. The Balaban J connectivity index is 1.29. The zero-order valence-electron chi connectivity index (χ0n) is 19.9. The van der Waals surface area contributed by atoms with Crippen LogP contribution in [0.4, 0.5) is 11.4 Å². The number of rotatable bonds is 6. The number of thiophene rings is 2. The van der Waals surface area contributed by atoms with E-state index in [0.29, 0.717) is 24.5 Å². The Hall–Kier alpha value is -2.69. The van der Waals surface area contributed by atoms with Crippen LogP contribution in [0.5, 0.6) is 0 Å². The summed E-state index contributed by atoms with van der Waals surface area (Å²) in [6.45, 7) is 0.798. The van der Waals surface area contributed by atoms with E-state index in [2.05, 4.69) is 22.1 Å². The lowest BCUT2D eigenvalue weighted by molar-refractivity contribution is -0.136. The highest BCUT2D eigenvalue weighted by Gasteiger charge is 2.36. The zero-order chi connectivity index (χ0) is 25.2. The van der Waals surface area contributed by atoms with Crippen molar-refractivity contribution in [3.8, 4) is 0 Å². The third-order valence-corrected chi connectivity index (χ3v) is 11.4. The second-order valence-corrected chi connectivity index (χ2v) is 13.4. The zero-order valence-corrected chi connectivity index (χ0v) is 22.3. The minimum atomic E-state index is -3.68. The van der Waals surface area contributed by atoms with Crippen molar-refractivity contribution in [2.45, 2.75) is 54.6 Å². The van der Waals surface area contributed by atoms with Crippen molar-refractivity contribution in [2.75, 3.05) is 22.7 Å². The van der Waals surface area contributed by atoms with Gasteiger partial charge in [0.1, 0.15) is 4.21 Å². The lowest BCUT2D eigenvalue weighted by Crippen LogP contribution is -2.45. The van der Waals surface area contributed by atoms with Crippen molar-refractivity contribution in [3.63, 3.8) is 0 Å². The van der Waals surface area contributed by atoms with Crippen molar-refractivity contribution in [3.05, 3.63) is 63.7 Å². The molecule has 0 bridgehead atoms. The first-order chi connectivity index (χ1) is 17.4. The van der Waals surface area contributed by atoms with E-state index >= 15 is 0 Å². The maximum atomic E-state index is 13.2. The average molecular weight is 544 g/mol. The molecule has 2 N–H and O–H groups in total. The first-order valence-corrected chi connectivity index (χ1v) is 15.4. The van der Waals surface area contributed by atoms with Crippen LogP contribution in [0.1, 0.15) is 49.0 Å². The molecule has 1 aromatic carbocycles. The molecule has 1 aliphatic heterocycles. The third-order valence-electron chi connectivity index (χ3n) is 7.11. The fourth-order valence-corrected chi connectivity index (χ4v) is 8.85. The highest BCUT2D eigenvalue weighted by atomic mass is 32.2. The Kier molecular flexibility index (Phi) is 7.18. The molecule has 36 heavy (non-hydrogen) atoms. The average Bonchev–Trinajstić information content (AvgIpc) is 3.63. The van der Waals surface area contributed by atoms with Gasteiger partial charge in [-0.3, -0.25) is 13.9 Å². The Morgan fingerprint density at radius 3 is 2.44 bits per heavy atom. The summed E-state index contributed by atoms with van der Waals surface area (Å²) >= 11 is 2.88. The summed E-state index contributed by atoms with van der Waals surface area (Å²) in [6, 6.07) is 12.7. The van der Waals surface area contributed by atoms with Gasteiger partial charge < -0.3 is 10.6 Å². The van der Waals surface area contributed by atoms with E-state index in [1.807, 2.05) is 12.1 Å². The van der Waals surface area contributed by atoms with E-state index in [-0.39, 0.29) is 9.62 Å². The number of aryl methyl sites for hydroxylation is 1. The topological polar surface area (TPSA) is 95.6 Å². The molecule has 1 saturated carbocycles. The maximum absolute atomic E-state index is 13.2. The lowest BCUT2D eigenvalue weighted by Gasteiger charge is -2.36. The molecular formula is C26H29N3O4S3. The van der Waals surface area contributed by atoms with Crippen LogP contribution in [0, 0.1) is 0 Å². The van der Waals surface area contributed by atoms with Crippen LogP contribution in [-0.4, -0.2) is 33.3 Å². The maximum Gasteiger partial charge on any atom is 0.313 e. The van der Waals surface area contributed by atoms with Gasteiger partial charge in [-0.15, -0.1) is 22.7 Å². The van der Waals surface area contributed by atoms with E-state index in [0.717, 1.165) is 44.1 Å². The predicted octanol–water partition coefficient (Wildman–Crippen LogP) is 4.91. The van der Waals surface area contributed by atoms with Crippen LogP contribution < -0.4 is 14.9 Å². The first kappa shape index (κ1) is 25.0. The molecule has 0 spiro atoms. The van der Waals surface area contributed by atoms with Crippen LogP contribution in [-0.2, 0) is 31.4 Å². The van der Waals surface area contributed by atoms with Crippen molar-refractivity contribution in [1.82, 2.24) is 5.32 Å². The molecule has 5 rings (SSSR count). The Bertz CT molecular complexity index is 1330. The summed E-state index contributed by atoms with van der Waals surface area (Å²) in [5.41, 5.74) is 1.73. The summed E-state index contributed by atoms with van der Waals surface area (Å²) in [5.74, 6) is -1.44. The number of nitrogens with zero attached hydrogens (tertiary/aromatic N) is 1. The molecule has 0 radical (unpaired) electrons. The van der Waals surface area contributed by atoms with E-state index in [1.165, 1.54) is 26.9 Å². The van der Waals surface area contributed by atoms with Gasteiger partial charge in [0.25, 0.3) is 10.0 Å². The summed E-state index contributed by atoms with van der Waals surface area (Å²) < 4.78 is 28.1. The van der Waals surface area contributed by atoms with Crippen LogP contribution in [0.2, 0.25) is 0 Å². The third kappa shape index (κ3) is 4.94. The van der Waals surface area contributed by atoms with Gasteiger partial charge >= 0.3 is 11.8 Å². The van der Waals surface area contributed by atoms with Gasteiger partial charge in [0.2, 0.25) is 0 Å². The van der Waals surface area contributed by atoms with Crippen LogP contribution >= 0.6 is 22.7 Å². The number of carbonyl (C=O) groups excluding carboxylic acids is 2. The molecule has 0 saturated heterocycles. The fraction of sp³-hybridized carbons (Fsp3) is 0.385. The van der Waals surface area contributed by atoms with Gasteiger partial charge in [0.15, 0.2) is 0 Å². The van der Waals surface area contributed by atoms with Gasteiger partial charge in [0, 0.05) is 29.1 Å². The first-order valence-electron chi connectivity index (χ1n) is 12.2. The van der Waals surface area contributed by atoms with Crippen LogP contribution in [0.15, 0.2) is 57.4 Å². The summed E-state index contributed by atoms with van der Waals surface area (Å²) in [5, 5.41) is 9.33. The number of carbonyl (C=O) groups is 2. The molecule has 1 aliphatic carbocycles. The SMILES string of the molecule is O=C(NCC1(c2cccs2)CCCCC1)C(=O)Nc1ccc2c(c1)N(S(=O)(=O)c1cccs1)CCC2. The molecule has 2 aromatic heterocycles. The molecule has 2 aliphatic rings. The molecule has 190 valence electrons. The Morgan fingerprint density at radius 1 is 0.944 bits per heavy atom. The number of hydrogen-bond acceptors (Lipinski definition) is 6. The van der Waals surface area contributed by atoms with Gasteiger partial charge in [0.05, 0.1) is 5.69 Å². The highest BCUT2D eigenvalue weighted by molar-refractivity contribution is 7.94. The Labute approximate surface area is 219 Å². The minimum absolute atomic E-state index is 0.120. The molecule has 7 nitrogen and oxygen atoms in total. The van der Waals surface area contributed by atoms with E-state index in [4.69, 9.17) is 0 Å². The van der Waals surface area contributed by atoms with Crippen molar-refractivity contribution >= 4 is 55.9 Å². The Morgan fingerprint density at radius 2 is 1.72 bits per heavy atom. The van der Waals surface area contributed by atoms with E-state index in [1.54, 1.807) is 41.0 Å². The van der Waals surface area contributed by atoms with Crippen LogP contribution in [0.25, 0.3) is 0 Å². The van der Waals surface area contributed by atoms with Crippen molar-refractivity contribution in [2.24, 2.45) is 0 Å². The van der Waals surface area contributed by atoms with Gasteiger partial charge in [-0.2, -0.15) is 0 Å². The smallest absolute Gasteiger partial charge is 0.313 e. The summed E-state index contributed by atoms with van der Waals surface area (Å²) in [4.78, 5) is 26.8. The molecule has 0 unspecified atom stereocenters. The molecule has 3 heterocycles. The predicted molar refractivity (Wildman–Crippen MR) is 144 cm³/mol. The number of benzene rings is 1. The van der Waals surface area contributed by atoms with Crippen LogP contribution in [0.3, 0.4) is 0 Å². The lowest BCUT2D eigenvalue weighted by atomic mass is 9.73. The summed E-state index contributed by atoms with van der Waals surface area (Å²) in [7, 11) is -3.68. The second-order valence-electron chi connectivity index (χ2n) is 9.41. The minimum Gasteiger partial charge on any atom is -0.347 e. The number of hydrogen-bond donors (Lipinski definition) is 2.